The number of benzene rings is 5. The third kappa shape index (κ3) is 4.25. The summed E-state index contributed by atoms with van der Waals surface area (Å²) in [4.78, 5) is 2.23. The van der Waals surface area contributed by atoms with Crippen molar-refractivity contribution in [2.75, 3.05) is 4.90 Å². The van der Waals surface area contributed by atoms with Crippen molar-refractivity contribution in [1.82, 2.24) is 0 Å². The maximum atomic E-state index is 9.21. The second-order valence-electron chi connectivity index (χ2n) is 9.04. The van der Waals surface area contributed by atoms with Gasteiger partial charge in [0.05, 0.1) is 5.71 Å². The van der Waals surface area contributed by atoms with Gasteiger partial charge in [-0.25, -0.2) is 4.40 Å². The number of nitrogens with zero attached hydrogens (tertiary/aromatic N) is 2. The first kappa shape index (κ1) is 23.7. The zero-order chi connectivity index (χ0) is 25.9. The number of fused-ring (bicyclic) bond motifs is 1. The molecule has 0 heterocycles. The molecule has 5 aromatic rings. The molecule has 0 spiro atoms. The smallest absolute Gasteiger partial charge is 0.105 e. The summed E-state index contributed by atoms with van der Waals surface area (Å²) in [6.07, 6.45) is 0. The zero-order valence-electron chi connectivity index (χ0n) is 20.6. The van der Waals surface area contributed by atoms with E-state index in [4.69, 9.17) is 0 Å². The van der Waals surface area contributed by atoms with Crippen molar-refractivity contribution in [3.05, 3.63) is 161 Å². The minimum Gasteiger partial charge on any atom is -0.311 e. The summed E-state index contributed by atoms with van der Waals surface area (Å²) in [5.41, 5.74) is 7.93. The topological polar surface area (TPSA) is 39.5 Å². The molecule has 0 saturated carbocycles. The van der Waals surface area contributed by atoms with E-state index in [0.29, 0.717) is 11.4 Å². The van der Waals surface area contributed by atoms with E-state index >= 15 is 0 Å². The maximum Gasteiger partial charge on any atom is 0.105 e. The first-order valence-corrected chi connectivity index (χ1v) is 12.9. The SMILES string of the molecule is N=C1C(c2ccc(N(c3ccccc3)c3ccccc3)cc2)=c2ccccc2=C(c2ccccc2)/C1=N/S. The molecule has 0 bridgehead atoms. The van der Waals surface area contributed by atoms with Crippen molar-refractivity contribution in [1.29, 1.82) is 5.41 Å². The summed E-state index contributed by atoms with van der Waals surface area (Å²) in [6, 6.07) is 47.5. The maximum absolute atomic E-state index is 9.21. The lowest BCUT2D eigenvalue weighted by Crippen LogP contribution is -2.41. The van der Waals surface area contributed by atoms with Crippen LogP contribution in [0.15, 0.2) is 144 Å². The van der Waals surface area contributed by atoms with Gasteiger partial charge >= 0.3 is 0 Å². The van der Waals surface area contributed by atoms with Gasteiger partial charge in [-0.3, -0.25) is 5.41 Å². The molecular weight excluding hydrogens is 482 g/mol. The molecule has 0 fully saturated rings. The van der Waals surface area contributed by atoms with Crippen LogP contribution in [0.2, 0.25) is 0 Å². The van der Waals surface area contributed by atoms with E-state index < -0.39 is 0 Å². The lowest BCUT2D eigenvalue weighted by Gasteiger charge is -2.26. The van der Waals surface area contributed by atoms with Gasteiger partial charge in [-0.2, -0.15) is 0 Å². The normalized spacial score (nSPS) is 13.9. The van der Waals surface area contributed by atoms with E-state index in [0.717, 1.165) is 49.8 Å². The molecule has 0 radical (unpaired) electrons. The van der Waals surface area contributed by atoms with Crippen LogP contribution in [0.5, 0.6) is 0 Å². The van der Waals surface area contributed by atoms with Gasteiger partial charge < -0.3 is 4.90 Å². The first-order chi connectivity index (χ1) is 18.8. The second kappa shape index (κ2) is 10.4. The van der Waals surface area contributed by atoms with Crippen molar-refractivity contribution in [3.63, 3.8) is 0 Å². The summed E-state index contributed by atoms with van der Waals surface area (Å²) in [5, 5.41) is 11.3. The molecule has 1 aliphatic carbocycles. The van der Waals surface area contributed by atoms with Crippen molar-refractivity contribution in [2.24, 2.45) is 4.40 Å². The molecule has 0 aromatic heterocycles. The largest absolute Gasteiger partial charge is 0.311 e. The number of para-hydroxylation sites is 2. The fourth-order valence-corrected chi connectivity index (χ4v) is 5.30. The Morgan fingerprint density at radius 1 is 0.474 bits per heavy atom. The second-order valence-corrected chi connectivity index (χ2v) is 9.24. The van der Waals surface area contributed by atoms with Crippen LogP contribution in [0.4, 0.5) is 17.1 Å². The summed E-state index contributed by atoms with van der Waals surface area (Å²) in [6.45, 7) is 0. The van der Waals surface area contributed by atoms with Gasteiger partial charge in [0.25, 0.3) is 0 Å². The number of hydrogen-bond donors (Lipinski definition) is 2. The highest BCUT2D eigenvalue weighted by atomic mass is 32.1. The Kier molecular flexibility index (Phi) is 6.47. The number of rotatable bonds is 5. The van der Waals surface area contributed by atoms with Crippen LogP contribution < -0.4 is 15.3 Å². The van der Waals surface area contributed by atoms with E-state index in [2.05, 4.69) is 119 Å². The minimum atomic E-state index is 0.369. The van der Waals surface area contributed by atoms with Crippen LogP contribution in [0.25, 0.3) is 11.1 Å². The van der Waals surface area contributed by atoms with Gasteiger partial charge in [0, 0.05) is 28.2 Å². The molecule has 4 heteroatoms. The average Bonchev–Trinajstić information content (AvgIpc) is 2.99. The number of thiol groups is 1. The molecule has 6 rings (SSSR count). The molecule has 3 nitrogen and oxygen atoms in total. The molecule has 0 unspecified atom stereocenters. The van der Waals surface area contributed by atoms with E-state index in [-0.39, 0.29) is 0 Å². The monoisotopic (exact) mass is 507 g/mol. The van der Waals surface area contributed by atoms with E-state index in [1.807, 2.05) is 42.5 Å². The Bertz CT molecular complexity index is 1720. The van der Waals surface area contributed by atoms with Crippen LogP contribution >= 0.6 is 12.8 Å². The molecule has 1 N–H and O–H groups in total. The number of nitrogens with one attached hydrogen (secondary N) is 1. The fourth-order valence-electron chi connectivity index (χ4n) is 5.10. The van der Waals surface area contributed by atoms with E-state index in [1.54, 1.807) is 0 Å². The molecular formula is C34H25N3S. The lowest BCUT2D eigenvalue weighted by molar-refractivity contribution is 1.28. The Hall–Kier alpha value is -4.67. The minimum absolute atomic E-state index is 0.369. The molecule has 182 valence electrons. The van der Waals surface area contributed by atoms with Gasteiger partial charge in [0.2, 0.25) is 0 Å². The van der Waals surface area contributed by atoms with Crippen molar-refractivity contribution >= 4 is 52.4 Å². The summed E-state index contributed by atoms with van der Waals surface area (Å²) in [5.74, 6) is 0. The fraction of sp³-hybridized carbons (Fsp3) is 0. The van der Waals surface area contributed by atoms with Crippen molar-refractivity contribution in [2.45, 2.75) is 0 Å². The summed E-state index contributed by atoms with van der Waals surface area (Å²) < 4.78 is 4.31. The molecule has 0 saturated heterocycles. The van der Waals surface area contributed by atoms with Crippen LogP contribution in [0.1, 0.15) is 11.1 Å². The van der Waals surface area contributed by atoms with Crippen LogP contribution in [-0.4, -0.2) is 11.4 Å². The zero-order valence-corrected chi connectivity index (χ0v) is 21.5. The predicted octanol–water partition coefficient (Wildman–Crippen LogP) is 6.87. The quantitative estimate of drug-likeness (QED) is 0.250. The first-order valence-electron chi connectivity index (χ1n) is 12.5. The predicted molar refractivity (Wildman–Crippen MR) is 162 cm³/mol. The molecule has 0 aliphatic heterocycles. The standard InChI is InChI=1S/C34H25N3S/c35-33-31(29-18-10-11-19-30(29)32(34(33)36-38)24-12-4-1-5-13-24)25-20-22-28(23-21-25)37(26-14-6-2-7-15-26)27-16-8-3-9-17-27/h1-23,35,38H/b35-33?,36-34-. The van der Waals surface area contributed by atoms with E-state index in [9.17, 15) is 5.41 Å². The van der Waals surface area contributed by atoms with Crippen molar-refractivity contribution in [3.8, 4) is 0 Å². The Labute approximate surface area is 227 Å². The molecule has 5 aromatic carbocycles. The van der Waals surface area contributed by atoms with Gasteiger partial charge in [-0.1, -0.05) is 103 Å². The highest BCUT2D eigenvalue weighted by molar-refractivity contribution is 7.79. The van der Waals surface area contributed by atoms with E-state index in [1.165, 1.54) is 0 Å². The Morgan fingerprint density at radius 3 is 1.42 bits per heavy atom. The summed E-state index contributed by atoms with van der Waals surface area (Å²) >= 11 is 4.31. The summed E-state index contributed by atoms with van der Waals surface area (Å²) in [7, 11) is 0. The van der Waals surface area contributed by atoms with Crippen LogP contribution in [0, 0.1) is 5.41 Å². The third-order valence-corrected chi connectivity index (χ3v) is 6.99. The van der Waals surface area contributed by atoms with Crippen LogP contribution in [-0.2, 0) is 0 Å². The Balaban J connectivity index is 1.53. The van der Waals surface area contributed by atoms with Gasteiger partial charge in [0.15, 0.2) is 0 Å². The van der Waals surface area contributed by atoms with Crippen molar-refractivity contribution < 1.29 is 0 Å². The lowest BCUT2D eigenvalue weighted by atomic mass is 9.84. The molecule has 1 aliphatic rings. The van der Waals surface area contributed by atoms with Gasteiger partial charge in [0.1, 0.15) is 5.71 Å². The number of hydrogen-bond acceptors (Lipinski definition) is 4. The Morgan fingerprint density at radius 2 is 0.895 bits per heavy atom. The third-order valence-electron chi connectivity index (χ3n) is 6.79. The molecule has 0 atom stereocenters. The molecule has 38 heavy (non-hydrogen) atoms. The average molecular weight is 508 g/mol. The van der Waals surface area contributed by atoms with Gasteiger partial charge in [-0.15, -0.1) is 0 Å². The van der Waals surface area contributed by atoms with Gasteiger partial charge in [-0.05, 0) is 70.8 Å². The molecule has 0 amide bonds. The highest BCUT2D eigenvalue weighted by Gasteiger charge is 2.25. The van der Waals surface area contributed by atoms with Crippen LogP contribution in [0.3, 0.4) is 0 Å². The highest BCUT2D eigenvalue weighted by Crippen LogP contribution is 2.35. The number of anilines is 3.